The third-order valence-electron chi connectivity index (χ3n) is 3.18. The van der Waals surface area contributed by atoms with E-state index < -0.39 is 26.6 Å². The van der Waals surface area contributed by atoms with Crippen LogP contribution in [-0.4, -0.2) is 60.1 Å². The molecule has 0 aliphatic carbocycles. The third kappa shape index (κ3) is 3.61. The lowest BCUT2D eigenvalue weighted by Crippen LogP contribution is -2.52. The molecule has 0 aromatic carbocycles. The van der Waals surface area contributed by atoms with Gasteiger partial charge in [0.2, 0.25) is 0 Å². The molecule has 0 amide bonds. The molecule has 106 valence electrons. The highest BCUT2D eigenvalue weighted by molar-refractivity contribution is 8.01. The first kappa shape index (κ1) is 15.8. The second kappa shape index (κ2) is 5.79. The van der Waals surface area contributed by atoms with Gasteiger partial charge in [0, 0.05) is 30.3 Å². The highest BCUT2D eigenvalue weighted by Crippen LogP contribution is 2.26. The van der Waals surface area contributed by atoms with E-state index in [0.717, 1.165) is 5.75 Å². The summed E-state index contributed by atoms with van der Waals surface area (Å²) < 4.78 is 24.0. The van der Waals surface area contributed by atoms with E-state index in [0.29, 0.717) is 12.3 Å². The molecule has 1 fully saturated rings. The van der Waals surface area contributed by atoms with Crippen molar-refractivity contribution in [1.82, 2.24) is 4.90 Å². The summed E-state index contributed by atoms with van der Waals surface area (Å²) in [5, 5.41) is 8.60. The standard InChI is InChI=1S/C11H21NO4S2/c1-4-18(15,16)9-7-17-6-5-12(9)8-11(2,3)10(13)14/h9H,4-8H2,1-3H3,(H,13,14). The predicted octanol–water partition coefficient (Wildman–Crippen LogP) is 0.907. The van der Waals surface area contributed by atoms with E-state index in [1.807, 2.05) is 4.90 Å². The molecule has 1 rings (SSSR count). The highest BCUT2D eigenvalue weighted by atomic mass is 32.2. The summed E-state index contributed by atoms with van der Waals surface area (Å²) in [5.74, 6) is 0.591. The molecule has 0 spiro atoms. The monoisotopic (exact) mass is 295 g/mol. The van der Waals surface area contributed by atoms with Gasteiger partial charge in [0.05, 0.1) is 5.41 Å². The first-order valence-electron chi connectivity index (χ1n) is 5.97. The predicted molar refractivity (Wildman–Crippen MR) is 73.6 cm³/mol. The number of carboxylic acids is 1. The molecule has 1 aliphatic heterocycles. The largest absolute Gasteiger partial charge is 0.481 e. The second-order valence-electron chi connectivity index (χ2n) is 5.14. The van der Waals surface area contributed by atoms with Crippen LogP contribution in [0.25, 0.3) is 0 Å². The summed E-state index contributed by atoms with van der Waals surface area (Å²) in [6, 6.07) is 0. The van der Waals surface area contributed by atoms with Gasteiger partial charge in [0.1, 0.15) is 5.37 Å². The number of rotatable bonds is 5. The number of thioether (sulfide) groups is 1. The maximum Gasteiger partial charge on any atom is 0.310 e. The number of carboxylic acid groups (broad SMARTS) is 1. The maximum absolute atomic E-state index is 12.0. The van der Waals surface area contributed by atoms with Gasteiger partial charge in [-0.2, -0.15) is 11.8 Å². The Morgan fingerprint density at radius 3 is 2.61 bits per heavy atom. The fourth-order valence-electron chi connectivity index (χ4n) is 1.89. The van der Waals surface area contributed by atoms with Gasteiger partial charge >= 0.3 is 5.97 Å². The lowest BCUT2D eigenvalue weighted by Gasteiger charge is -2.38. The minimum Gasteiger partial charge on any atom is -0.481 e. The van der Waals surface area contributed by atoms with Crippen molar-refractivity contribution < 1.29 is 18.3 Å². The lowest BCUT2D eigenvalue weighted by atomic mass is 9.93. The van der Waals surface area contributed by atoms with Gasteiger partial charge < -0.3 is 5.11 Å². The number of hydrogen-bond acceptors (Lipinski definition) is 5. The third-order valence-corrected chi connectivity index (χ3v) is 6.52. The van der Waals surface area contributed by atoms with Crippen molar-refractivity contribution in [3.63, 3.8) is 0 Å². The molecule has 0 bridgehead atoms. The van der Waals surface area contributed by atoms with Gasteiger partial charge in [0.15, 0.2) is 9.84 Å². The number of sulfone groups is 1. The van der Waals surface area contributed by atoms with Crippen molar-refractivity contribution in [2.45, 2.75) is 26.1 Å². The van der Waals surface area contributed by atoms with Crippen LogP contribution in [0, 0.1) is 5.41 Å². The highest BCUT2D eigenvalue weighted by Gasteiger charge is 2.38. The van der Waals surface area contributed by atoms with Crippen LogP contribution in [0.5, 0.6) is 0 Å². The number of carbonyl (C=O) groups is 1. The molecule has 5 nitrogen and oxygen atoms in total. The first-order chi connectivity index (χ1) is 8.20. The first-order valence-corrected chi connectivity index (χ1v) is 8.84. The van der Waals surface area contributed by atoms with Gasteiger partial charge in [-0.15, -0.1) is 0 Å². The smallest absolute Gasteiger partial charge is 0.310 e. The van der Waals surface area contributed by atoms with Crippen molar-refractivity contribution in [2.75, 3.05) is 30.3 Å². The minimum absolute atomic E-state index is 0.0994. The van der Waals surface area contributed by atoms with Gasteiger partial charge in [-0.25, -0.2) is 8.42 Å². The van der Waals surface area contributed by atoms with E-state index in [1.54, 1.807) is 32.5 Å². The van der Waals surface area contributed by atoms with E-state index in [4.69, 9.17) is 5.11 Å². The molecule has 0 aromatic heterocycles. The van der Waals surface area contributed by atoms with E-state index in [-0.39, 0.29) is 12.3 Å². The summed E-state index contributed by atoms with van der Waals surface area (Å²) >= 11 is 1.62. The molecular formula is C11H21NO4S2. The summed E-state index contributed by atoms with van der Waals surface area (Å²) in [6.45, 7) is 5.80. The van der Waals surface area contributed by atoms with E-state index >= 15 is 0 Å². The fraction of sp³-hybridized carbons (Fsp3) is 0.909. The number of aliphatic carboxylic acids is 1. The van der Waals surface area contributed by atoms with E-state index in [2.05, 4.69) is 0 Å². The van der Waals surface area contributed by atoms with Crippen LogP contribution < -0.4 is 0 Å². The van der Waals surface area contributed by atoms with E-state index in [1.165, 1.54) is 0 Å². The van der Waals surface area contributed by atoms with Crippen molar-refractivity contribution >= 4 is 27.6 Å². The molecule has 1 aliphatic rings. The SMILES string of the molecule is CCS(=O)(=O)C1CSCCN1CC(C)(C)C(=O)O. The van der Waals surface area contributed by atoms with Crippen LogP contribution in [0.1, 0.15) is 20.8 Å². The van der Waals surface area contributed by atoms with Crippen LogP contribution in [0.15, 0.2) is 0 Å². The summed E-state index contributed by atoms with van der Waals surface area (Å²) in [5.41, 5.74) is -0.927. The van der Waals surface area contributed by atoms with Crippen LogP contribution >= 0.6 is 11.8 Å². The minimum atomic E-state index is -3.16. The van der Waals surface area contributed by atoms with Crippen molar-refractivity contribution in [2.24, 2.45) is 5.41 Å². The molecule has 1 heterocycles. The maximum atomic E-state index is 12.0. The van der Waals surface area contributed by atoms with Gasteiger partial charge in [0.25, 0.3) is 0 Å². The average molecular weight is 295 g/mol. The van der Waals surface area contributed by atoms with E-state index in [9.17, 15) is 13.2 Å². The summed E-state index contributed by atoms with van der Waals surface area (Å²) in [4.78, 5) is 12.9. The molecule has 0 aromatic rings. The Bertz CT molecular complexity index is 405. The normalized spacial score (nSPS) is 22.9. The Kier molecular flexibility index (Phi) is 5.08. The summed E-state index contributed by atoms with van der Waals surface area (Å²) in [6.07, 6.45) is 0. The van der Waals surface area contributed by atoms with Crippen LogP contribution in [0.2, 0.25) is 0 Å². The van der Waals surface area contributed by atoms with Gasteiger partial charge in [-0.05, 0) is 13.8 Å². The molecule has 18 heavy (non-hydrogen) atoms. The molecule has 1 saturated heterocycles. The topological polar surface area (TPSA) is 74.7 Å². The summed E-state index contributed by atoms with van der Waals surface area (Å²) in [7, 11) is -3.16. The zero-order valence-electron chi connectivity index (χ0n) is 11.0. The molecule has 1 unspecified atom stereocenters. The van der Waals surface area contributed by atoms with Gasteiger partial charge in [-0.1, -0.05) is 6.92 Å². The molecule has 0 saturated carbocycles. The quantitative estimate of drug-likeness (QED) is 0.812. The van der Waals surface area contributed by atoms with Crippen LogP contribution in [0.4, 0.5) is 0 Å². The Morgan fingerprint density at radius 2 is 2.11 bits per heavy atom. The van der Waals surface area contributed by atoms with Crippen LogP contribution in [0.3, 0.4) is 0 Å². The Labute approximate surface area is 113 Å². The zero-order valence-corrected chi connectivity index (χ0v) is 12.7. The molecule has 0 radical (unpaired) electrons. The number of hydrogen-bond donors (Lipinski definition) is 1. The van der Waals surface area contributed by atoms with Gasteiger partial charge in [-0.3, -0.25) is 9.69 Å². The fourth-order valence-corrected chi connectivity index (χ4v) is 4.97. The Hall–Kier alpha value is -0.270. The lowest BCUT2D eigenvalue weighted by molar-refractivity contribution is -0.148. The second-order valence-corrected chi connectivity index (χ2v) is 8.74. The molecule has 7 heteroatoms. The Balaban J connectivity index is 2.88. The zero-order chi connectivity index (χ0) is 14.0. The van der Waals surface area contributed by atoms with Crippen molar-refractivity contribution in [3.05, 3.63) is 0 Å². The molecule has 1 N–H and O–H groups in total. The molecular weight excluding hydrogens is 274 g/mol. The molecule has 1 atom stereocenters. The average Bonchev–Trinajstić information content (AvgIpc) is 2.29. The number of nitrogens with zero attached hydrogens (tertiary/aromatic N) is 1. The van der Waals surface area contributed by atoms with Crippen molar-refractivity contribution in [3.8, 4) is 0 Å². The van der Waals surface area contributed by atoms with Crippen molar-refractivity contribution in [1.29, 1.82) is 0 Å². The van der Waals surface area contributed by atoms with Crippen LogP contribution in [-0.2, 0) is 14.6 Å². The Morgan fingerprint density at radius 1 is 1.50 bits per heavy atom.